The quantitative estimate of drug-likeness (QED) is 0.325. The molecule has 1 unspecified atom stereocenters. The fraction of sp³-hybridized carbons (Fsp3) is 0.226. The highest BCUT2D eigenvalue weighted by molar-refractivity contribution is 5.92. The van der Waals surface area contributed by atoms with Gasteiger partial charge in [-0.2, -0.15) is 0 Å². The predicted molar refractivity (Wildman–Crippen MR) is 142 cm³/mol. The van der Waals surface area contributed by atoms with E-state index in [2.05, 4.69) is 0 Å². The summed E-state index contributed by atoms with van der Waals surface area (Å²) in [5.41, 5.74) is 0.686. The van der Waals surface area contributed by atoms with Gasteiger partial charge in [0.05, 0.1) is 16.7 Å². The van der Waals surface area contributed by atoms with Gasteiger partial charge in [0.1, 0.15) is 19.3 Å². The van der Waals surface area contributed by atoms with E-state index in [4.69, 9.17) is 23.7 Å². The number of carbonyl (C=O) groups excluding carboxylic acids is 4. The van der Waals surface area contributed by atoms with Crippen LogP contribution < -0.4 is 0 Å². The number of hydrogen-bond donors (Lipinski definition) is 1. The van der Waals surface area contributed by atoms with Crippen LogP contribution in [0.4, 0.5) is 0 Å². The molecular weight excluding hydrogens is 532 g/mol. The minimum absolute atomic E-state index is 0.195. The molecule has 1 saturated heterocycles. The highest BCUT2D eigenvalue weighted by Crippen LogP contribution is 2.37. The van der Waals surface area contributed by atoms with E-state index in [9.17, 15) is 24.3 Å². The van der Waals surface area contributed by atoms with Gasteiger partial charge in [0, 0.05) is 0 Å². The Balaban J connectivity index is 1.47. The van der Waals surface area contributed by atoms with Crippen molar-refractivity contribution >= 4 is 23.7 Å². The van der Waals surface area contributed by atoms with Crippen LogP contribution in [0.2, 0.25) is 0 Å². The van der Waals surface area contributed by atoms with Crippen molar-refractivity contribution in [1.29, 1.82) is 0 Å². The van der Waals surface area contributed by atoms with Gasteiger partial charge in [-0.05, 0) is 48.6 Å². The average molecular weight is 559 g/mol. The van der Waals surface area contributed by atoms with E-state index in [1.807, 2.05) is 0 Å². The molecule has 0 amide bonds. The van der Waals surface area contributed by atoms with Gasteiger partial charge in [0.25, 0.3) is 0 Å². The van der Waals surface area contributed by atoms with E-state index in [0.717, 1.165) is 12.2 Å². The third kappa shape index (κ3) is 6.41. The van der Waals surface area contributed by atoms with Crippen LogP contribution in [0, 0.1) is 0 Å². The van der Waals surface area contributed by atoms with Crippen LogP contribution in [0.25, 0.3) is 0 Å². The van der Waals surface area contributed by atoms with Crippen molar-refractivity contribution in [3.8, 4) is 0 Å². The smallest absolute Gasteiger partial charge is 0.338 e. The zero-order valence-electron chi connectivity index (χ0n) is 21.7. The fourth-order valence-electron chi connectivity index (χ4n) is 4.49. The molecule has 2 aliphatic heterocycles. The molecule has 0 aromatic heterocycles. The van der Waals surface area contributed by atoms with Crippen LogP contribution in [0.3, 0.4) is 0 Å². The Bertz CT molecular complexity index is 1420. The van der Waals surface area contributed by atoms with Crippen LogP contribution in [0.15, 0.2) is 103 Å². The van der Waals surface area contributed by atoms with E-state index in [0.29, 0.717) is 0 Å². The number of carbonyl (C=O) groups is 4. The lowest BCUT2D eigenvalue weighted by Crippen LogP contribution is -2.53. The van der Waals surface area contributed by atoms with Gasteiger partial charge in [-0.15, -0.1) is 0 Å². The first-order chi connectivity index (χ1) is 19.8. The summed E-state index contributed by atoms with van der Waals surface area (Å²) >= 11 is 0. The average Bonchev–Trinajstić information content (AvgIpc) is 3.35. The molecule has 10 heteroatoms. The molecule has 0 aliphatic carbocycles. The summed E-state index contributed by atoms with van der Waals surface area (Å²) in [4.78, 5) is 50.7. The molecule has 1 fully saturated rings. The molecule has 3 aromatic rings. The summed E-state index contributed by atoms with van der Waals surface area (Å²) < 4.78 is 28.5. The van der Waals surface area contributed by atoms with E-state index in [1.54, 1.807) is 66.7 Å². The third-order valence-corrected chi connectivity index (χ3v) is 6.56. The number of ketones is 1. The maximum atomic E-state index is 13.1. The van der Waals surface area contributed by atoms with Crippen LogP contribution in [-0.2, 0) is 28.5 Å². The Morgan fingerprint density at radius 2 is 1.24 bits per heavy atom. The number of esters is 3. The van der Waals surface area contributed by atoms with E-state index < -0.39 is 67.1 Å². The molecule has 5 rings (SSSR count). The predicted octanol–water partition coefficient (Wildman–Crippen LogP) is 2.91. The second kappa shape index (κ2) is 12.3. The van der Waals surface area contributed by atoms with Gasteiger partial charge in [-0.25, -0.2) is 14.4 Å². The summed E-state index contributed by atoms with van der Waals surface area (Å²) in [5.74, 6) is -4.84. The van der Waals surface area contributed by atoms with E-state index >= 15 is 0 Å². The number of aliphatic hydroxyl groups is 1. The molecule has 0 radical (unpaired) electrons. The topological polar surface area (TPSA) is 135 Å². The minimum atomic E-state index is -2.23. The SMILES string of the molecule is O=C1C=CC(O)([C@@H]2O[C@H](COC(=O)c3ccccc3)[C@@H](OC(=O)c3ccccc3)[C@H]2OC(=O)c2ccccc2)OC1. The van der Waals surface area contributed by atoms with Crippen LogP contribution in [0.1, 0.15) is 31.1 Å². The molecule has 1 N–H and O–H groups in total. The third-order valence-electron chi connectivity index (χ3n) is 6.56. The summed E-state index contributed by atoms with van der Waals surface area (Å²) in [6.45, 7) is -0.885. The fourth-order valence-corrected chi connectivity index (χ4v) is 4.49. The van der Waals surface area contributed by atoms with Gasteiger partial charge < -0.3 is 28.8 Å². The lowest BCUT2D eigenvalue weighted by molar-refractivity contribution is -0.246. The molecule has 0 saturated carbocycles. The number of benzene rings is 3. The van der Waals surface area contributed by atoms with Crippen molar-refractivity contribution < 1.29 is 48.0 Å². The molecule has 2 heterocycles. The molecule has 41 heavy (non-hydrogen) atoms. The molecule has 0 bridgehead atoms. The zero-order valence-corrected chi connectivity index (χ0v) is 21.7. The van der Waals surface area contributed by atoms with Gasteiger partial charge in [-0.3, -0.25) is 4.79 Å². The molecule has 210 valence electrons. The largest absolute Gasteiger partial charge is 0.459 e. The normalized spacial score (nSPS) is 25.3. The van der Waals surface area contributed by atoms with Gasteiger partial charge in [0.2, 0.25) is 5.79 Å². The Morgan fingerprint density at radius 3 is 1.73 bits per heavy atom. The monoisotopic (exact) mass is 558 g/mol. The van der Waals surface area contributed by atoms with Crippen molar-refractivity contribution in [3.63, 3.8) is 0 Å². The molecule has 2 aliphatic rings. The van der Waals surface area contributed by atoms with Crippen molar-refractivity contribution in [2.75, 3.05) is 13.2 Å². The molecule has 5 atom stereocenters. The van der Waals surface area contributed by atoms with Gasteiger partial charge >= 0.3 is 17.9 Å². The van der Waals surface area contributed by atoms with Crippen LogP contribution in [-0.4, -0.2) is 72.2 Å². The maximum absolute atomic E-state index is 13.1. The van der Waals surface area contributed by atoms with Crippen molar-refractivity contribution in [2.45, 2.75) is 30.2 Å². The maximum Gasteiger partial charge on any atom is 0.338 e. The molecule has 0 spiro atoms. The van der Waals surface area contributed by atoms with E-state index in [-0.39, 0.29) is 16.7 Å². The summed E-state index contributed by atoms with van der Waals surface area (Å²) in [6.07, 6.45) is -3.22. The highest BCUT2D eigenvalue weighted by Gasteiger charge is 2.58. The van der Waals surface area contributed by atoms with Crippen molar-refractivity contribution in [1.82, 2.24) is 0 Å². The van der Waals surface area contributed by atoms with Crippen molar-refractivity contribution in [2.24, 2.45) is 0 Å². The first-order valence-electron chi connectivity index (χ1n) is 12.8. The van der Waals surface area contributed by atoms with Crippen molar-refractivity contribution in [3.05, 3.63) is 120 Å². The van der Waals surface area contributed by atoms with Gasteiger partial charge in [0.15, 0.2) is 24.1 Å². The van der Waals surface area contributed by atoms with E-state index in [1.165, 1.54) is 24.3 Å². The summed E-state index contributed by atoms with van der Waals surface area (Å²) in [5, 5.41) is 11.4. The Labute approximate surface area is 235 Å². The number of ether oxygens (including phenoxy) is 5. The molecular formula is C31H26O10. The number of hydrogen-bond acceptors (Lipinski definition) is 10. The van der Waals surface area contributed by atoms with Gasteiger partial charge in [-0.1, -0.05) is 54.6 Å². The zero-order chi connectivity index (χ0) is 28.8. The molecule has 10 nitrogen and oxygen atoms in total. The van der Waals surface area contributed by atoms with Crippen LogP contribution in [0.5, 0.6) is 0 Å². The summed E-state index contributed by atoms with van der Waals surface area (Å²) in [7, 11) is 0. The summed E-state index contributed by atoms with van der Waals surface area (Å²) in [6, 6.07) is 24.4. The van der Waals surface area contributed by atoms with Crippen LogP contribution >= 0.6 is 0 Å². The minimum Gasteiger partial charge on any atom is -0.459 e. The Kier molecular flexibility index (Phi) is 8.34. The molecule has 3 aromatic carbocycles. The Morgan fingerprint density at radius 1 is 0.756 bits per heavy atom. The number of rotatable bonds is 8. The second-order valence-corrected chi connectivity index (χ2v) is 9.37. The second-order valence-electron chi connectivity index (χ2n) is 9.37. The standard InChI is InChI=1S/C31H26O10/c32-23-16-17-31(36,38-18-23)27-26(41-30(35)22-14-8-3-9-15-22)25(40-29(34)21-12-6-2-7-13-21)24(39-27)19-37-28(33)20-10-4-1-5-11-20/h1-17,24-27,36H,18-19H2/t24-,25-,26-,27-,31?/m1/s1. The lowest BCUT2D eigenvalue weighted by Gasteiger charge is -2.35. The first-order valence-corrected chi connectivity index (χ1v) is 12.8. The highest BCUT2D eigenvalue weighted by atomic mass is 16.7. The Hall–Kier alpha value is -4.64. The lowest BCUT2D eigenvalue weighted by atomic mass is 9.98. The first kappa shape index (κ1) is 27.9.